The maximum atomic E-state index is 11.6. The van der Waals surface area contributed by atoms with Crippen molar-refractivity contribution in [1.29, 1.82) is 0 Å². The first kappa shape index (κ1) is 14.1. The quantitative estimate of drug-likeness (QED) is 0.783. The lowest BCUT2D eigenvalue weighted by Gasteiger charge is -2.34. The van der Waals surface area contributed by atoms with Crippen LogP contribution < -0.4 is 0 Å². The van der Waals surface area contributed by atoms with Crippen LogP contribution in [0, 0.1) is 0 Å². The van der Waals surface area contributed by atoms with Crippen LogP contribution in [0.15, 0.2) is 24.3 Å². The summed E-state index contributed by atoms with van der Waals surface area (Å²) in [4.78, 5) is 14.1. The fourth-order valence-corrected chi connectivity index (χ4v) is 2.79. The van der Waals surface area contributed by atoms with E-state index >= 15 is 0 Å². The van der Waals surface area contributed by atoms with Crippen molar-refractivity contribution in [3.63, 3.8) is 0 Å². The minimum absolute atomic E-state index is 0.249. The van der Waals surface area contributed by atoms with Gasteiger partial charge in [0.05, 0.1) is 12.7 Å². The molecule has 1 heterocycles. The highest BCUT2D eigenvalue weighted by molar-refractivity contribution is 5.89. The summed E-state index contributed by atoms with van der Waals surface area (Å²) >= 11 is 0. The Hall–Kier alpha value is -1.35. The van der Waals surface area contributed by atoms with E-state index < -0.39 is 0 Å². The third-order valence-corrected chi connectivity index (χ3v) is 4.04. The zero-order valence-electron chi connectivity index (χ0n) is 12.1. The molecule has 0 N–H and O–H groups in total. The standard InChI is InChI=1S/C16H23NO2/c1-12(2)17-9-7-13(8-10-17)14-5-4-6-15(11-14)16(18)19-3/h4-6,11-13H,7-10H2,1-3H3. The SMILES string of the molecule is COC(=O)c1cccc(C2CCN(C(C)C)CC2)c1. The smallest absolute Gasteiger partial charge is 0.337 e. The molecule has 0 aromatic heterocycles. The van der Waals surface area contributed by atoms with Crippen LogP contribution in [0.4, 0.5) is 0 Å². The molecule has 1 aromatic carbocycles. The Bertz CT molecular complexity index is 434. The van der Waals surface area contributed by atoms with Crippen molar-refractivity contribution in [2.45, 2.75) is 38.6 Å². The summed E-state index contributed by atoms with van der Waals surface area (Å²) in [6, 6.07) is 8.51. The summed E-state index contributed by atoms with van der Waals surface area (Å²) in [6.07, 6.45) is 2.34. The maximum Gasteiger partial charge on any atom is 0.337 e. The number of methoxy groups -OCH3 is 1. The first-order valence-electron chi connectivity index (χ1n) is 7.04. The van der Waals surface area contributed by atoms with E-state index in [1.807, 2.05) is 18.2 Å². The van der Waals surface area contributed by atoms with Crippen LogP contribution in [-0.4, -0.2) is 37.1 Å². The molecular formula is C16H23NO2. The second kappa shape index (κ2) is 6.20. The highest BCUT2D eigenvalue weighted by Crippen LogP contribution is 2.29. The second-order valence-corrected chi connectivity index (χ2v) is 5.52. The molecule has 0 bridgehead atoms. The number of carbonyl (C=O) groups excluding carboxylic acids is 1. The average Bonchev–Trinajstić information content (AvgIpc) is 2.46. The molecule has 0 aliphatic carbocycles. The van der Waals surface area contributed by atoms with E-state index in [2.05, 4.69) is 24.8 Å². The van der Waals surface area contributed by atoms with E-state index in [0.717, 1.165) is 13.1 Å². The lowest BCUT2D eigenvalue weighted by molar-refractivity contribution is 0.0600. The zero-order valence-corrected chi connectivity index (χ0v) is 12.1. The average molecular weight is 261 g/mol. The van der Waals surface area contributed by atoms with Crippen LogP contribution >= 0.6 is 0 Å². The van der Waals surface area contributed by atoms with E-state index in [9.17, 15) is 4.79 Å². The van der Waals surface area contributed by atoms with Gasteiger partial charge in [-0.3, -0.25) is 0 Å². The van der Waals surface area contributed by atoms with E-state index in [-0.39, 0.29) is 5.97 Å². The van der Waals surface area contributed by atoms with E-state index in [0.29, 0.717) is 17.5 Å². The first-order valence-corrected chi connectivity index (χ1v) is 7.04. The Kier molecular flexibility index (Phi) is 4.59. The summed E-state index contributed by atoms with van der Waals surface area (Å²) < 4.78 is 4.78. The van der Waals surface area contributed by atoms with Gasteiger partial charge in [-0.2, -0.15) is 0 Å². The highest BCUT2D eigenvalue weighted by atomic mass is 16.5. The molecule has 3 nitrogen and oxygen atoms in total. The number of piperidine rings is 1. The molecule has 0 amide bonds. The van der Waals surface area contributed by atoms with Gasteiger partial charge in [0.25, 0.3) is 0 Å². The maximum absolute atomic E-state index is 11.6. The minimum Gasteiger partial charge on any atom is -0.465 e. The Morgan fingerprint density at radius 3 is 2.58 bits per heavy atom. The molecule has 0 unspecified atom stereocenters. The molecule has 104 valence electrons. The Balaban J connectivity index is 2.05. The van der Waals surface area contributed by atoms with Crippen LogP contribution in [-0.2, 0) is 4.74 Å². The van der Waals surface area contributed by atoms with Gasteiger partial charge in [0.1, 0.15) is 0 Å². The summed E-state index contributed by atoms with van der Waals surface area (Å²) in [5, 5.41) is 0. The van der Waals surface area contributed by atoms with Crippen LogP contribution in [0.3, 0.4) is 0 Å². The van der Waals surface area contributed by atoms with Crippen LogP contribution in [0.2, 0.25) is 0 Å². The normalized spacial score (nSPS) is 17.7. The molecular weight excluding hydrogens is 238 g/mol. The molecule has 0 spiro atoms. The number of ether oxygens (including phenoxy) is 1. The van der Waals surface area contributed by atoms with Gasteiger partial charge >= 0.3 is 5.97 Å². The van der Waals surface area contributed by atoms with Gasteiger partial charge in [0.15, 0.2) is 0 Å². The Morgan fingerprint density at radius 1 is 1.32 bits per heavy atom. The number of hydrogen-bond donors (Lipinski definition) is 0. The Labute approximate surface area is 115 Å². The van der Waals surface area contributed by atoms with Crippen LogP contribution in [0.5, 0.6) is 0 Å². The third kappa shape index (κ3) is 3.35. The molecule has 3 heteroatoms. The number of carbonyl (C=O) groups is 1. The van der Waals surface area contributed by atoms with Gasteiger partial charge in [0.2, 0.25) is 0 Å². The van der Waals surface area contributed by atoms with Gasteiger partial charge < -0.3 is 9.64 Å². The monoisotopic (exact) mass is 261 g/mol. The number of benzene rings is 1. The van der Waals surface area contributed by atoms with Crippen LogP contribution in [0.25, 0.3) is 0 Å². The fraction of sp³-hybridized carbons (Fsp3) is 0.562. The lowest BCUT2D eigenvalue weighted by Crippen LogP contribution is -2.37. The Morgan fingerprint density at radius 2 is 2.00 bits per heavy atom. The summed E-state index contributed by atoms with van der Waals surface area (Å²) in [5.74, 6) is 0.320. The number of nitrogens with zero attached hydrogens (tertiary/aromatic N) is 1. The van der Waals surface area contributed by atoms with Gasteiger partial charge in [-0.15, -0.1) is 0 Å². The topological polar surface area (TPSA) is 29.5 Å². The molecule has 1 aliphatic rings. The zero-order chi connectivity index (χ0) is 13.8. The van der Waals surface area contributed by atoms with Crippen molar-refractivity contribution in [2.75, 3.05) is 20.2 Å². The summed E-state index contributed by atoms with van der Waals surface area (Å²) in [5.41, 5.74) is 1.93. The van der Waals surface area contributed by atoms with Gasteiger partial charge in [-0.05, 0) is 63.4 Å². The first-order chi connectivity index (χ1) is 9.11. The molecule has 0 radical (unpaired) electrons. The van der Waals surface area contributed by atoms with E-state index in [4.69, 9.17) is 4.74 Å². The minimum atomic E-state index is -0.249. The van der Waals surface area contributed by atoms with Gasteiger partial charge in [-0.25, -0.2) is 4.79 Å². The van der Waals surface area contributed by atoms with Crippen LogP contribution in [0.1, 0.15) is 48.5 Å². The second-order valence-electron chi connectivity index (χ2n) is 5.52. The fourth-order valence-electron chi connectivity index (χ4n) is 2.79. The number of hydrogen-bond acceptors (Lipinski definition) is 3. The number of likely N-dealkylation sites (tertiary alicyclic amines) is 1. The summed E-state index contributed by atoms with van der Waals surface area (Å²) in [6.45, 7) is 6.78. The van der Waals surface area contributed by atoms with Crippen molar-refractivity contribution in [1.82, 2.24) is 4.90 Å². The van der Waals surface area contributed by atoms with Gasteiger partial charge in [-0.1, -0.05) is 12.1 Å². The summed E-state index contributed by atoms with van der Waals surface area (Å²) in [7, 11) is 1.43. The number of esters is 1. The van der Waals surface area contributed by atoms with Crippen molar-refractivity contribution in [3.8, 4) is 0 Å². The molecule has 0 saturated carbocycles. The highest BCUT2D eigenvalue weighted by Gasteiger charge is 2.22. The molecule has 19 heavy (non-hydrogen) atoms. The lowest BCUT2D eigenvalue weighted by atomic mass is 9.88. The molecule has 1 aliphatic heterocycles. The largest absolute Gasteiger partial charge is 0.465 e. The third-order valence-electron chi connectivity index (χ3n) is 4.04. The predicted molar refractivity (Wildman–Crippen MR) is 76.5 cm³/mol. The van der Waals surface area contributed by atoms with Crippen molar-refractivity contribution >= 4 is 5.97 Å². The molecule has 2 rings (SSSR count). The predicted octanol–water partition coefficient (Wildman–Crippen LogP) is 3.06. The van der Waals surface area contributed by atoms with Gasteiger partial charge in [0, 0.05) is 6.04 Å². The van der Waals surface area contributed by atoms with Crippen molar-refractivity contribution in [3.05, 3.63) is 35.4 Å². The van der Waals surface area contributed by atoms with Crippen molar-refractivity contribution < 1.29 is 9.53 Å². The number of rotatable bonds is 3. The molecule has 1 aromatic rings. The van der Waals surface area contributed by atoms with E-state index in [1.54, 1.807) is 0 Å². The van der Waals surface area contributed by atoms with E-state index in [1.165, 1.54) is 25.5 Å². The molecule has 0 atom stereocenters. The van der Waals surface area contributed by atoms with Crippen molar-refractivity contribution in [2.24, 2.45) is 0 Å². The molecule has 1 saturated heterocycles. The molecule has 1 fully saturated rings.